The molecule has 0 radical (unpaired) electrons. The van der Waals surface area contributed by atoms with Gasteiger partial charge in [0.25, 0.3) is 0 Å². The Balaban J connectivity index is 1.64. The lowest BCUT2D eigenvalue weighted by atomic mass is 10.2. The highest BCUT2D eigenvalue weighted by Gasteiger charge is 1.97. The number of benzene rings is 1. The maximum atomic E-state index is 3.45. The van der Waals surface area contributed by atoms with Crippen molar-refractivity contribution < 1.29 is 0 Å². The molecule has 3 rings (SSSR count). The SMILES string of the molecule is c1csc(CCNc2ccc3cc[nH]c3c2)c1. The first kappa shape index (κ1) is 10.4. The summed E-state index contributed by atoms with van der Waals surface area (Å²) in [7, 11) is 0. The van der Waals surface area contributed by atoms with Crippen LogP contribution in [0.3, 0.4) is 0 Å². The summed E-state index contributed by atoms with van der Waals surface area (Å²) in [5.74, 6) is 0. The second-order valence-electron chi connectivity index (χ2n) is 4.04. The van der Waals surface area contributed by atoms with Gasteiger partial charge in [0.2, 0.25) is 0 Å². The van der Waals surface area contributed by atoms with Gasteiger partial charge in [-0.3, -0.25) is 0 Å². The Labute approximate surface area is 104 Å². The summed E-state index contributed by atoms with van der Waals surface area (Å²) >= 11 is 1.82. The highest BCUT2D eigenvalue weighted by atomic mass is 32.1. The summed E-state index contributed by atoms with van der Waals surface area (Å²) in [6.45, 7) is 0.979. The lowest BCUT2D eigenvalue weighted by molar-refractivity contribution is 1.05. The fourth-order valence-electron chi connectivity index (χ4n) is 1.94. The van der Waals surface area contributed by atoms with Crippen molar-refractivity contribution in [2.24, 2.45) is 0 Å². The van der Waals surface area contributed by atoms with Crippen LogP contribution in [0.1, 0.15) is 4.88 Å². The number of fused-ring (bicyclic) bond motifs is 1. The smallest absolute Gasteiger partial charge is 0.0474 e. The molecule has 86 valence electrons. The van der Waals surface area contributed by atoms with Crippen molar-refractivity contribution in [3.63, 3.8) is 0 Å². The Morgan fingerprint density at radius 2 is 2.18 bits per heavy atom. The molecule has 0 aliphatic carbocycles. The van der Waals surface area contributed by atoms with Gasteiger partial charge in [-0.15, -0.1) is 11.3 Å². The lowest BCUT2D eigenvalue weighted by Crippen LogP contribution is -2.03. The van der Waals surface area contributed by atoms with Crippen LogP contribution in [0.25, 0.3) is 10.9 Å². The normalized spacial score (nSPS) is 10.8. The van der Waals surface area contributed by atoms with E-state index in [-0.39, 0.29) is 0 Å². The van der Waals surface area contributed by atoms with Gasteiger partial charge in [-0.25, -0.2) is 0 Å². The average Bonchev–Trinajstić information content (AvgIpc) is 2.98. The Morgan fingerprint density at radius 1 is 1.18 bits per heavy atom. The molecule has 0 unspecified atom stereocenters. The van der Waals surface area contributed by atoms with E-state index in [1.54, 1.807) is 0 Å². The van der Waals surface area contributed by atoms with Crippen LogP contribution < -0.4 is 5.32 Å². The Morgan fingerprint density at radius 3 is 3.06 bits per heavy atom. The van der Waals surface area contributed by atoms with E-state index in [1.807, 2.05) is 17.5 Å². The number of hydrogen-bond donors (Lipinski definition) is 2. The molecule has 0 aliphatic heterocycles. The minimum atomic E-state index is 0.979. The number of aromatic nitrogens is 1. The third-order valence-corrected chi connectivity index (χ3v) is 3.77. The van der Waals surface area contributed by atoms with Crippen molar-refractivity contribution in [1.29, 1.82) is 0 Å². The first-order chi connectivity index (χ1) is 8.42. The second-order valence-corrected chi connectivity index (χ2v) is 5.07. The Kier molecular flexibility index (Phi) is 2.84. The van der Waals surface area contributed by atoms with Crippen molar-refractivity contribution in [2.75, 3.05) is 11.9 Å². The standard InChI is InChI=1S/C14H14N2S/c1-2-13(17-9-1)6-8-15-12-4-3-11-5-7-16-14(11)10-12/h1-5,7,9-10,15-16H,6,8H2. The minimum Gasteiger partial charge on any atom is -0.385 e. The van der Waals surface area contributed by atoms with Crippen LogP contribution in [0, 0.1) is 0 Å². The Bertz CT molecular complexity index is 596. The van der Waals surface area contributed by atoms with Crippen LogP contribution in [-0.2, 0) is 6.42 Å². The van der Waals surface area contributed by atoms with Crippen molar-refractivity contribution >= 4 is 27.9 Å². The lowest BCUT2D eigenvalue weighted by Gasteiger charge is -2.05. The second kappa shape index (κ2) is 4.63. The molecular weight excluding hydrogens is 228 g/mol. The van der Waals surface area contributed by atoms with Gasteiger partial charge >= 0.3 is 0 Å². The third-order valence-electron chi connectivity index (χ3n) is 2.84. The zero-order chi connectivity index (χ0) is 11.5. The predicted octanol–water partition coefficient (Wildman–Crippen LogP) is 3.88. The molecule has 2 N–H and O–H groups in total. The van der Waals surface area contributed by atoms with E-state index in [1.165, 1.54) is 21.5 Å². The number of hydrogen-bond acceptors (Lipinski definition) is 2. The zero-order valence-corrected chi connectivity index (χ0v) is 10.3. The van der Waals surface area contributed by atoms with Gasteiger partial charge in [-0.05, 0) is 41.5 Å². The maximum Gasteiger partial charge on any atom is 0.0474 e. The van der Waals surface area contributed by atoms with E-state index in [0.29, 0.717) is 0 Å². The predicted molar refractivity (Wildman–Crippen MR) is 74.8 cm³/mol. The van der Waals surface area contributed by atoms with Gasteiger partial charge in [-0.1, -0.05) is 12.1 Å². The number of nitrogens with one attached hydrogen (secondary N) is 2. The van der Waals surface area contributed by atoms with Crippen LogP contribution >= 0.6 is 11.3 Å². The molecule has 0 fully saturated rings. The third kappa shape index (κ3) is 2.34. The van der Waals surface area contributed by atoms with Gasteiger partial charge in [0.05, 0.1) is 0 Å². The van der Waals surface area contributed by atoms with Gasteiger partial charge < -0.3 is 10.3 Å². The Hall–Kier alpha value is -1.74. The number of H-pyrrole nitrogens is 1. The van der Waals surface area contributed by atoms with Crippen LogP contribution in [-0.4, -0.2) is 11.5 Å². The highest BCUT2D eigenvalue weighted by molar-refractivity contribution is 7.09. The maximum absolute atomic E-state index is 3.45. The van der Waals surface area contributed by atoms with Crippen molar-refractivity contribution in [3.05, 3.63) is 52.9 Å². The summed E-state index contributed by atoms with van der Waals surface area (Å²) < 4.78 is 0. The van der Waals surface area contributed by atoms with E-state index >= 15 is 0 Å². The summed E-state index contributed by atoms with van der Waals surface area (Å²) in [5, 5.41) is 6.83. The van der Waals surface area contributed by atoms with Gasteiger partial charge in [0, 0.05) is 28.8 Å². The summed E-state index contributed by atoms with van der Waals surface area (Å²) in [6, 6.07) is 12.8. The molecule has 0 spiro atoms. The molecule has 3 heteroatoms. The summed E-state index contributed by atoms with van der Waals surface area (Å²) in [5.41, 5.74) is 2.36. The van der Waals surface area contributed by atoms with Crippen molar-refractivity contribution in [1.82, 2.24) is 4.98 Å². The topological polar surface area (TPSA) is 27.8 Å². The molecule has 2 aromatic heterocycles. The summed E-state index contributed by atoms with van der Waals surface area (Å²) in [6.07, 6.45) is 3.06. The van der Waals surface area contributed by atoms with Crippen LogP contribution in [0.4, 0.5) is 5.69 Å². The van der Waals surface area contributed by atoms with E-state index in [4.69, 9.17) is 0 Å². The molecule has 3 aromatic rings. The molecule has 0 aliphatic rings. The molecule has 0 amide bonds. The van der Waals surface area contributed by atoms with Gasteiger partial charge in [0.15, 0.2) is 0 Å². The van der Waals surface area contributed by atoms with Crippen LogP contribution in [0.5, 0.6) is 0 Å². The molecule has 0 saturated carbocycles. The monoisotopic (exact) mass is 242 g/mol. The van der Waals surface area contributed by atoms with Gasteiger partial charge in [-0.2, -0.15) is 0 Å². The number of rotatable bonds is 4. The fourth-order valence-corrected chi connectivity index (χ4v) is 2.65. The van der Waals surface area contributed by atoms with Crippen molar-refractivity contribution in [2.45, 2.75) is 6.42 Å². The molecule has 0 saturated heterocycles. The van der Waals surface area contributed by atoms with E-state index in [9.17, 15) is 0 Å². The zero-order valence-electron chi connectivity index (χ0n) is 9.44. The van der Waals surface area contributed by atoms with Gasteiger partial charge in [0.1, 0.15) is 0 Å². The quantitative estimate of drug-likeness (QED) is 0.714. The fraction of sp³-hybridized carbons (Fsp3) is 0.143. The highest BCUT2D eigenvalue weighted by Crippen LogP contribution is 2.17. The summed E-state index contributed by atoms with van der Waals surface area (Å²) in [4.78, 5) is 4.66. The first-order valence-corrected chi connectivity index (χ1v) is 6.63. The molecule has 1 aromatic carbocycles. The molecule has 0 bridgehead atoms. The van der Waals surface area contributed by atoms with Crippen molar-refractivity contribution in [3.8, 4) is 0 Å². The number of thiophene rings is 1. The number of aromatic amines is 1. The van der Waals surface area contributed by atoms with E-state index < -0.39 is 0 Å². The van der Waals surface area contributed by atoms with Crippen LogP contribution in [0.15, 0.2) is 48.0 Å². The largest absolute Gasteiger partial charge is 0.385 e. The average molecular weight is 242 g/mol. The molecule has 0 atom stereocenters. The molecular formula is C14H14N2S. The molecule has 2 heterocycles. The molecule has 2 nitrogen and oxygen atoms in total. The van der Waals surface area contributed by atoms with Crippen LogP contribution in [0.2, 0.25) is 0 Å². The number of anilines is 1. The first-order valence-electron chi connectivity index (χ1n) is 5.75. The molecule has 17 heavy (non-hydrogen) atoms. The van der Waals surface area contributed by atoms with E-state index in [0.717, 1.165) is 13.0 Å². The minimum absolute atomic E-state index is 0.979. The van der Waals surface area contributed by atoms with E-state index in [2.05, 4.69) is 52.1 Å².